The van der Waals surface area contributed by atoms with E-state index < -0.39 is 35.1 Å². The summed E-state index contributed by atoms with van der Waals surface area (Å²) in [6.45, 7) is 5.11. The minimum Gasteiger partial charge on any atom is -0.459 e. The monoisotopic (exact) mass is 548 g/mol. The summed E-state index contributed by atoms with van der Waals surface area (Å²) in [5, 5.41) is 12.8. The van der Waals surface area contributed by atoms with Gasteiger partial charge in [0.2, 0.25) is 10.0 Å². The molecule has 1 aliphatic heterocycles. The van der Waals surface area contributed by atoms with Gasteiger partial charge in [-0.15, -0.1) is 4.31 Å². The minimum atomic E-state index is -3.84. The van der Waals surface area contributed by atoms with E-state index in [2.05, 4.69) is 5.32 Å². The summed E-state index contributed by atoms with van der Waals surface area (Å²) < 4.78 is 47.2. The number of methoxy groups -OCH3 is 2. The fourth-order valence-corrected chi connectivity index (χ4v) is 5.35. The van der Waals surface area contributed by atoms with Crippen LogP contribution in [-0.4, -0.2) is 70.5 Å². The van der Waals surface area contributed by atoms with Crippen LogP contribution in [0.5, 0.6) is 0 Å². The third-order valence-corrected chi connectivity index (χ3v) is 7.95. The third-order valence-electron chi connectivity index (χ3n) is 6.19. The van der Waals surface area contributed by atoms with Crippen LogP contribution >= 0.6 is 0 Å². The lowest BCUT2D eigenvalue weighted by atomic mass is 9.75. The molecule has 1 aliphatic rings. The van der Waals surface area contributed by atoms with Crippen LogP contribution in [-0.2, 0) is 46.9 Å². The number of benzene rings is 2. The highest BCUT2D eigenvalue weighted by atomic mass is 32.2. The quantitative estimate of drug-likeness (QED) is 0.225. The normalized spacial score (nSPS) is 14.1. The van der Waals surface area contributed by atoms with Crippen LogP contribution in [0.1, 0.15) is 40.9 Å². The van der Waals surface area contributed by atoms with Crippen molar-refractivity contribution in [1.82, 2.24) is 9.62 Å². The Hall–Kier alpha value is -2.81. The van der Waals surface area contributed by atoms with Crippen molar-refractivity contribution in [2.24, 2.45) is 5.92 Å². The topological polar surface area (TPSA) is 141 Å². The second-order valence-electron chi connectivity index (χ2n) is 9.21. The van der Waals surface area contributed by atoms with E-state index in [1.54, 1.807) is 45.0 Å². The molecule has 2 aromatic rings. The summed E-state index contributed by atoms with van der Waals surface area (Å²) in [6.07, 6.45) is 0. The van der Waals surface area contributed by atoms with Crippen molar-refractivity contribution in [3.63, 3.8) is 0 Å². The predicted octanol–water partition coefficient (Wildman–Crippen LogP) is 0.909. The lowest BCUT2D eigenvalue weighted by molar-refractivity contribution is -0.148. The van der Waals surface area contributed by atoms with Gasteiger partial charge in [0.1, 0.15) is 26.1 Å². The Morgan fingerprint density at radius 2 is 1.74 bits per heavy atom. The number of rotatable bonds is 12. The van der Waals surface area contributed by atoms with E-state index >= 15 is 0 Å². The molecular weight excluding hydrogens is 515 g/mol. The average molecular weight is 548 g/mol. The van der Waals surface area contributed by atoms with Crippen LogP contribution in [0.15, 0.2) is 41.3 Å². The predicted molar refractivity (Wildman–Crippen MR) is 139 cm³/mol. The van der Waals surface area contributed by atoms with Crippen molar-refractivity contribution in [2.75, 3.05) is 27.7 Å². The molecular formula is C25H33BN2O9S. The smallest absolute Gasteiger partial charge is 0.459 e. The van der Waals surface area contributed by atoms with Crippen molar-refractivity contribution < 1.29 is 41.9 Å². The van der Waals surface area contributed by atoms with Gasteiger partial charge in [0, 0.05) is 19.8 Å². The van der Waals surface area contributed by atoms with Crippen molar-refractivity contribution >= 4 is 34.5 Å². The molecule has 0 aliphatic carbocycles. The van der Waals surface area contributed by atoms with Gasteiger partial charge in [-0.05, 0) is 53.2 Å². The Morgan fingerprint density at radius 3 is 2.32 bits per heavy atom. The molecule has 1 amide bonds. The number of amides is 1. The lowest BCUT2D eigenvalue weighted by Crippen LogP contribution is -2.46. The molecule has 0 radical (unpaired) electrons. The molecule has 0 fully saturated rings. The van der Waals surface area contributed by atoms with Crippen molar-refractivity contribution in [1.29, 1.82) is 0 Å². The van der Waals surface area contributed by atoms with E-state index in [-0.39, 0.29) is 37.5 Å². The third kappa shape index (κ3) is 6.60. The zero-order valence-electron chi connectivity index (χ0n) is 22.1. The number of nitrogens with one attached hydrogen (secondary N) is 1. The van der Waals surface area contributed by atoms with Crippen molar-refractivity contribution in [3.05, 3.63) is 58.7 Å². The molecule has 38 heavy (non-hydrogen) atoms. The fourth-order valence-electron chi connectivity index (χ4n) is 4.08. The number of ether oxygens (including phenoxy) is 3. The second-order valence-corrected chi connectivity index (χ2v) is 11.2. The fraction of sp³-hybridized carbons (Fsp3) is 0.440. The van der Waals surface area contributed by atoms with Gasteiger partial charge in [0.15, 0.2) is 0 Å². The Morgan fingerprint density at radius 1 is 1.11 bits per heavy atom. The van der Waals surface area contributed by atoms with E-state index in [1.165, 1.54) is 26.4 Å². The largest absolute Gasteiger partial charge is 0.492 e. The molecule has 0 aromatic heterocycles. The Balaban J connectivity index is 1.66. The molecule has 0 unspecified atom stereocenters. The molecule has 206 valence electrons. The molecule has 11 nitrogen and oxygen atoms in total. The molecule has 0 saturated heterocycles. The van der Waals surface area contributed by atoms with E-state index in [0.29, 0.717) is 22.2 Å². The standard InChI is InChI=1S/C25H33BN2O9S/c1-16(2)23(27-24(29)21-11-8-19-13-37-26(31)22(19)17(21)3)25(30)36-12-18-6-9-20(10-7-18)38(32,33)28(14-34-4)15-35-5/h6-11,16,23,31H,12-15H2,1-5H3,(H,27,29)/t23-/m0/s1. The van der Waals surface area contributed by atoms with Gasteiger partial charge in [-0.2, -0.15) is 0 Å². The second kappa shape index (κ2) is 12.8. The van der Waals surface area contributed by atoms with Gasteiger partial charge < -0.3 is 29.2 Å². The number of carbonyl (C=O) groups is 2. The Bertz CT molecular complexity index is 1250. The SMILES string of the molecule is COCN(COC)S(=O)(=O)c1ccc(COC(=O)[C@@H](NC(=O)c2ccc3c(c2C)B(O)OC3)C(C)C)cc1. The van der Waals surface area contributed by atoms with Crippen LogP contribution in [0.4, 0.5) is 0 Å². The molecule has 0 spiro atoms. The van der Waals surface area contributed by atoms with Crippen LogP contribution in [0.2, 0.25) is 0 Å². The average Bonchev–Trinajstić information content (AvgIpc) is 3.27. The first-order valence-corrected chi connectivity index (χ1v) is 13.4. The highest BCUT2D eigenvalue weighted by Gasteiger charge is 2.33. The number of esters is 1. The van der Waals surface area contributed by atoms with Gasteiger partial charge in [-0.3, -0.25) is 4.79 Å². The van der Waals surface area contributed by atoms with Crippen molar-refractivity contribution in [2.45, 2.75) is 44.9 Å². The van der Waals surface area contributed by atoms with Crippen LogP contribution < -0.4 is 10.8 Å². The number of fused-ring (bicyclic) bond motifs is 1. The lowest BCUT2D eigenvalue weighted by Gasteiger charge is -2.22. The maximum atomic E-state index is 13.0. The van der Waals surface area contributed by atoms with Gasteiger partial charge in [-0.25, -0.2) is 13.2 Å². The van der Waals surface area contributed by atoms with E-state index in [1.807, 2.05) is 0 Å². The summed E-state index contributed by atoms with van der Waals surface area (Å²) in [4.78, 5) is 25.9. The molecule has 0 bridgehead atoms. The van der Waals surface area contributed by atoms with Crippen LogP contribution in [0.25, 0.3) is 0 Å². The zero-order valence-corrected chi connectivity index (χ0v) is 22.9. The number of hydrogen-bond acceptors (Lipinski definition) is 9. The van der Waals surface area contributed by atoms with Gasteiger partial charge >= 0.3 is 13.1 Å². The first-order chi connectivity index (χ1) is 18.0. The molecule has 13 heteroatoms. The maximum absolute atomic E-state index is 13.0. The molecule has 2 aromatic carbocycles. The van der Waals surface area contributed by atoms with E-state index in [0.717, 1.165) is 9.87 Å². The first kappa shape index (κ1) is 29.7. The molecule has 1 atom stereocenters. The van der Waals surface area contributed by atoms with Crippen molar-refractivity contribution in [3.8, 4) is 0 Å². The molecule has 3 rings (SSSR count). The zero-order chi connectivity index (χ0) is 28.0. The summed E-state index contributed by atoms with van der Waals surface area (Å²) in [5.74, 6) is -1.36. The summed E-state index contributed by atoms with van der Waals surface area (Å²) in [6, 6.07) is 8.35. The number of sulfonamides is 1. The van der Waals surface area contributed by atoms with Gasteiger partial charge in [0.05, 0.1) is 11.5 Å². The molecule has 1 heterocycles. The van der Waals surface area contributed by atoms with Gasteiger partial charge in [0.25, 0.3) is 5.91 Å². The summed E-state index contributed by atoms with van der Waals surface area (Å²) in [7, 11) is -2.17. The summed E-state index contributed by atoms with van der Waals surface area (Å²) >= 11 is 0. The first-order valence-electron chi connectivity index (χ1n) is 12.0. The number of hydrogen-bond donors (Lipinski definition) is 2. The van der Waals surface area contributed by atoms with Crippen LogP contribution in [0, 0.1) is 12.8 Å². The number of carbonyl (C=O) groups excluding carboxylic acids is 2. The molecule has 2 N–H and O–H groups in total. The Labute approximate surface area is 223 Å². The van der Waals surface area contributed by atoms with Crippen LogP contribution in [0.3, 0.4) is 0 Å². The highest BCUT2D eigenvalue weighted by Crippen LogP contribution is 2.19. The summed E-state index contributed by atoms with van der Waals surface area (Å²) in [5.41, 5.74) is 2.87. The maximum Gasteiger partial charge on any atom is 0.492 e. The highest BCUT2D eigenvalue weighted by molar-refractivity contribution is 7.89. The number of nitrogens with zero attached hydrogens (tertiary/aromatic N) is 1. The minimum absolute atomic E-state index is 0.0363. The van der Waals surface area contributed by atoms with E-state index in [4.69, 9.17) is 18.9 Å². The van der Waals surface area contributed by atoms with E-state index in [9.17, 15) is 23.0 Å². The van der Waals surface area contributed by atoms with Gasteiger partial charge in [-0.1, -0.05) is 32.0 Å². The Kier molecular flexibility index (Phi) is 10.0. The molecule has 0 saturated carbocycles.